The zero-order chi connectivity index (χ0) is 12.3. The quantitative estimate of drug-likeness (QED) is 0.923. The Morgan fingerprint density at radius 2 is 2.41 bits per heavy atom. The lowest BCUT2D eigenvalue weighted by Gasteiger charge is -2.22. The fraction of sp³-hybridized carbons (Fsp3) is 0.538. The highest BCUT2D eigenvalue weighted by Gasteiger charge is 2.24. The van der Waals surface area contributed by atoms with Crippen molar-refractivity contribution in [3.63, 3.8) is 0 Å². The van der Waals surface area contributed by atoms with Crippen molar-refractivity contribution < 1.29 is 9.13 Å². The van der Waals surface area contributed by atoms with Gasteiger partial charge in [0.15, 0.2) is 0 Å². The normalized spacial score (nSPS) is 21.7. The molecule has 1 aromatic carbocycles. The summed E-state index contributed by atoms with van der Waals surface area (Å²) >= 11 is 3.21. The number of ether oxygens (including phenoxy) is 1. The molecular weight excluding hydrogens is 285 g/mol. The summed E-state index contributed by atoms with van der Waals surface area (Å²) in [5, 5.41) is 3.29. The first-order valence-electron chi connectivity index (χ1n) is 5.93. The molecule has 1 aliphatic rings. The lowest BCUT2D eigenvalue weighted by atomic mass is 9.99. The predicted molar refractivity (Wildman–Crippen MR) is 69.6 cm³/mol. The number of hydrogen-bond donors (Lipinski definition) is 1. The number of benzene rings is 1. The summed E-state index contributed by atoms with van der Waals surface area (Å²) in [6, 6.07) is 5.48. The molecule has 0 bridgehead atoms. The van der Waals surface area contributed by atoms with E-state index in [0.717, 1.165) is 31.4 Å². The maximum atomic E-state index is 13.1. The van der Waals surface area contributed by atoms with Crippen molar-refractivity contribution in [3.05, 3.63) is 34.1 Å². The third kappa shape index (κ3) is 3.27. The average Bonchev–Trinajstić information content (AvgIpc) is 2.84. The Labute approximate surface area is 110 Å². The molecular formula is C13H17BrFNO. The second kappa shape index (κ2) is 5.94. The molecule has 0 aromatic heterocycles. The summed E-state index contributed by atoms with van der Waals surface area (Å²) in [5.41, 5.74) is 1.12. The van der Waals surface area contributed by atoms with Crippen molar-refractivity contribution in [2.45, 2.75) is 31.4 Å². The number of rotatable bonds is 4. The van der Waals surface area contributed by atoms with Crippen molar-refractivity contribution in [2.24, 2.45) is 0 Å². The summed E-state index contributed by atoms with van der Waals surface area (Å²) in [5.74, 6) is -0.216. The third-order valence-corrected chi connectivity index (χ3v) is 3.83. The van der Waals surface area contributed by atoms with Crippen LogP contribution in [0.25, 0.3) is 0 Å². The summed E-state index contributed by atoms with van der Waals surface area (Å²) in [4.78, 5) is 0. The lowest BCUT2D eigenvalue weighted by Crippen LogP contribution is -2.39. The summed E-state index contributed by atoms with van der Waals surface area (Å²) in [6.07, 6.45) is 3.38. The van der Waals surface area contributed by atoms with E-state index in [1.165, 1.54) is 6.07 Å². The van der Waals surface area contributed by atoms with Gasteiger partial charge in [0.25, 0.3) is 0 Å². The monoisotopic (exact) mass is 301 g/mol. The van der Waals surface area contributed by atoms with Crippen LogP contribution in [0.1, 0.15) is 18.4 Å². The standard InChI is InChI=1S/C13H17BrFNO/c1-16-12(13-3-2-6-17-13)8-9-4-5-11(15)10(14)7-9/h4-5,7,12-13,16H,2-3,6,8H2,1H3. The van der Waals surface area contributed by atoms with Crippen molar-refractivity contribution in [1.82, 2.24) is 5.32 Å². The van der Waals surface area contributed by atoms with Gasteiger partial charge in [-0.25, -0.2) is 4.39 Å². The maximum Gasteiger partial charge on any atom is 0.137 e. The van der Waals surface area contributed by atoms with Gasteiger partial charge in [0.2, 0.25) is 0 Å². The highest BCUT2D eigenvalue weighted by Crippen LogP contribution is 2.21. The Balaban J connectivity index is 2.04. The Kier molecular flexibility index (Phi) is 4.54. The second-order valence-electron chi connectivity index (χ2n) is 4.40. The van der Waals surface area contributed by atoms with Crippen LogP contribution in [0.3, 0.4) is 0 Å². The van der Waals surface area contributed by atoms with Gasteiger partial charge in [-0.2, -0.15) is 0 Å². The zero-order valence-corrected chi connectivity index (χ0v) is 11.5. The van der Waals surface area contributed by atoms with E-state index in [4.69, 9.17) is 4.74 Å². The van der Waals surface area contributed by atoms with Gasteiger partial charge in [0.1, 0.15) is 5.82 Å². The molecule has 17 heavy (non-hydrogen) atoms. The Hall–Kier alpha value is -0.450. The van der Waals surface area contributed by atoms with Gasteiger partial charge in [-0.15, -0.1) is 0 Å². The van der Waals surface area contributed by atoms with E-state index in [1.807, 2.05) is 19.2 Å². The van der Waals surface area contributed by atoms with Crippen LogP contribution in [0.4, 0.5) is 4.39 Å². The molecule has 0 aliphatic carbocycles. The van der Waals surface area contributed by atoms with Crippen LogP contribution in [0.5, 0.6) is 0 Å². The second-order valence-corrected chi connectivity index (χ2v) is 5.25. The van der Waals surface area contributed by atoms with Crippen LogP contribution in [0, 0.1) is 5.82 Å². The number of halogens is 2. The number of likely N-dealkylation sites (N-methyl/N-ethyl adjacent to an activating group) is 1. The molecule has 94 valence electrons. The zero-order valence-electron chi connectivity index (χ0n) is 9.88. The average molecular weight is 302 g/mol. The molecule has 0 saturated carbocycles. The SMILES string of the molecule is CNC(Cc1ccc(F)c(Br)c1)C1CCCO1. The van der Waals surface area contributed by atoms with Crippen LogP contribution in [-0.4, -0.2) is 25.8 Å². The highest BCUT2D eigenvalue weighted by atomic mass is 79.9. The van der Waals surface area contributed by atoms with Crippen LogP contribution >= 0.6 is 15.9 Å². The van der Waals surface area contributed by atoms with Crippen LogP contribution in [-0.2, 0) is 11.2 Å². The lowest BCUT2D eigenvalue weighted by molar-refractivity contribution is 0.0808. The minimum Gasteiger partial charge on any atom is -0.377 e. The first-order chi connectivity index (χ1) is 8.20. The van der Waals surface area contributed by atoms with Gasteiger partial charge in [0, 0.05) is 12.6 Å². The minimum atomic E-state index is -0.216. The van der Waals surface area contributed by atoms with E-state index < -0.39 is 0 Å². The first-order valence-corrected chi connectivity index (χ1v) is 6.73. The van der Waals surface area contributed by atoms with E-state index in [1.54, 1.807) is 0 Å². The molecule has 4 heteroatoms. The van der Waals surface area contributed by atoms with Crippen molar-refractivity contribution >= 4 is 15.9 Å². The van der Waals surface area contributed by atoms with E-state index >= 15 is 0 Å². The van der Waals surface area contributed by atoms with Crippen LogP contribution < -0.4 is 5.32 Å². The van der Waals surface area contributed by atoms with Gasteiger partial charge in [-0.1, -0.05) is 6.07 Å². The molecule has 1 heterocycles. The van der Waals surface area contributed by atoms with Crippen molar-refractivity contribution in [2.75, 3.05) is 13.7 Å². The number of nitrogens with one attached hydrogen (secondary N) is 1. The summed E-state index contributed by atoms with van der Waals surface area (Å²) < 4.78 is 19.3. The van der Waals surface area contributed by atoms with Crippen molar-refractivity contribution in [3.8, 4) is 0 Å². The Morgan fingerprint density at radius 3 is 3.00 bits per heavy atom. The van der Waals surface area contributed by atoms with E-state index in [2.05, 4.69) is 21.2 Å². The minimum absolute atomic E-state index is 0.216. The molecule has 1 aromatic rings. The number of hydrogen-bond acceptors (Lipinski definition) is 2. The summed E-state index contributed by atoms with van der Waals surface area (Å²) in [6.45, 7) is 0.857. The van der Waals surface area contributed by atoms with Gasteiger partial charge < -0.3 is 10.1 Å². The first kappa shape index (κ1) is 13.0. The fourth-order valence-corrected chi connectivity index (χ4v) is 2.69. The molecule has 2 nitrogen and oxygen atoms in total. The molecule has 1 saturated heterocycles. The molecule has 0 spiro atoms. The highest BCUT2D eigenvalue weighted by molar-refractivity contribution is 9.10. The molecule has 0 amide bonds. The predicted octanol–water partition coefficient (Wildman–Crippen LogP) is 2.90. The maximum absolute atomic E-state index is 13.1. The molecule has 0 radical (unpaired) electrons. The van der Waals surface area contributed by atoms with Crippen LogP contribution in [0.2, 0.25) is 0 Å². The van der Waals surface area contributed by atoms with E-state index in [-0.39, 0.29) is 11.9 Å². The van der Waals surface area contributed by atoms with Gasteiger partial charge in [0.05, 0.1) is 10.6 Å². The molecule has 2 rings (SSSR count). The largest absolute Gasteiger partial charge is 0.377 e. The Morgan fingerprint density at radius 1 is 1.59 bits per heavy atom. The summed E-state index contributed by atoms with van der Waals surface area (Å²) in [7, 11) is 1.95. The fourth-order valence-electron chi connectivity index (χ4n) is 2.26. The topological polar surface area (TPSA) is 21.3 Å². The van der Waals surface area contributed by atoms with Crippen LogP contribution in [0.15, 0.2) is 22.7 Å². The van der Waals surface area contributed by atoms with Crippen molar-refractivity contribution in [1.29, 1.82) is 0 Å². The van der Waals surface area contributed by atoms with Gasteiger partial charge in [-0.05, 0) is 59.9 Å². The van der Waals surface area contributed by atoms with E-state index in [9.17, 15) is 4.39 Å². The smallest absolute Gasteiger partial charge is 0.137 e. The molecule has 1 fully saturated rings. The van der Waals surface area contributed by atoms with Gasteiger partial charge in [-0.3, -0.25) is 0 Å². The van der Waals surface area contributed by atoms with E-state index in [0.29, 0.717) is 10.5 Å². The molecule has 1 aliphatic heterocycles. The molecule has 1 N–H and O–H groups in total. The third-order valence-electron chi connectivity index (χ3n) is 3.22. The molecule has 2 atom stereocenters. The molecule has 2 unspecified atom stereocenters. The van der Waals surface area contributed by atoms with Gasteiger partial charge >= 0.3 is 0 Å². The Bertz CT molecular complexity index is 380.